The van der Waals surface area contributed by atoms with E-state index in [1.54, 1.807) is 12.1 Å². The van der Waals surface area contributed by atoms with Crippen molar-refractivity contribution in [1.82, 2.24) is 0 Å². The Kier molecular flexibility index (Phi) is 1.76. The van der Waals surface area contributed by atoms with E-state index in [9.17, 15) is 8.78 Å². The smallest absolute Gasteiger partial charge is 0.131 e. The molecule has 0 saturated heterocycles. The summed E-state index contributed by atoms with van der Waals surface area (Å²) >= 11 is 0. The molecule has 0 amide bonds. The monoisotopic (exact) mass is 178 g/mol. The van der Waals surface area contributed by atoms with Crippen molar-refractivity contribution in [3.63, 3.8) is 0 Å². The van der Waals surface area contributed by atoms with Crippen molar-refractivity contribution in [3.8, 4) is 0 Å². The average Bonchev–Trinajstić information content (AvgIpc) is 2.12. The van der Waals surface area contributed by atoms with Crippen LogP contribution in [-0.4, -0.2) is 0 Å². The van der Waals surface area contributed by atoms with Crippen LogP contribution in [0.3, 0.4) is 0 Å². The van der Waals surface area contributed by atoms with Crippen molar-refractivity contribution in [3.05, 3.63) is 47.5 Å². The third-order valence-electron chi connectivity index (χ3n) is 2.14. The second kappa shape index (κ2) is 2.80. The third kappa shape index (κ3) is 1.28. The number of rotatable bonds is 0. The molecule has 0 aromatic heterocycles. The van der Waals surface area contributed by atoms with E-state index in [-0.39, 0.29) is 5.82 Å². The summed E-state index contributed by atoms with van der Waals surface area (Å²) in [7, 11) is 0. The van der Waals surface area contributed by atoms with Crippen molar-refractivity contribution in [2.45, 2.75) is 6.92 Å². The molecule has 2 aromatic rings. The molecular formula is C11H8F2. The minimum atomic E-state index is -0.406. The van der Waals surface area contributed by atoms with E-state index in [0.717, 1.165) is 10.9 Å². The Bertz CT molecular complexity index is 461. The Morgan fingerprint density at radius 3 is 2.46 bits per heavy atom. The van der Waals surface area contributed by atoms with Gasteiger partial charge in [0.1, 0.15) is 11.6 Å². The lowest BCUT2D eigenvalue weighted by atomic mass is 10.1. The zero-order chi connectivity index (χ0) is 9.42. The predicted molar refractivity (Wildman–Crippen MR) is 48.6 cm³/mol. The Morgan fingerprint density at radius 2 is 1.69 bits per heavy atom. The molecule has 0 nitrogen and oxygen atoms in total. The van der Waals surface area contributed by atoms with E-state index in [0.29, 0.717) is 5.39 Å². The van der Waals surface area contributed by atoms with Gasteiger partial charge in [0.25, 0.3) is 0 Å². The van der Waals surface area contributed by atoms with Gasteiger partial charge in [0.15, 0.2) is 0 Å². The highest BCUT2D eigenvalue weighted by Crippen LogP contribution is 2.22. The second-order valence-corrected chi connectivity index (χ2v) is 3.05. The van der Waals surface area contributed by atoms with Crippen LogP contribution in [-0.2, 0) is 0 Å². The number of hydrogen-bond donors (Lipinski definition) is 0. The fourth-order valence-corrected chi connectivity index (χ4v) is 1.44. The first-order valence-electron chi connectivity index (χ1n) is 4.03. The number of benzene rings is 2. The van der Waals surface area contributed by atoms with Crippen molar-refractivity contribution in [1.29, 1.82) is 0 Å². The number of aryl methyl sites for hydroxylation is 1. The molecule has 0 atom stereocenters. The van der Waals surface area contributed by atoms with Gasteiger partial charge < -0.3 is 0 Å². The molecule has 0 fully saturated rings. The zero-order valence-corrected chi connectivity index (χ0v) is 7.14. The van der Waals surface area contributed by atoms with Crippen molar-refractivity contribution in [2.75, 3.05) is 0 Å². The summed E-state index contributed by atoms with van der Waals surface area (Å²) in [5.74, 6) is -0.780. The molecular weight excluding hydrogens is 170 g/mol. The fourth-order valence-electron chi connectivity index (χ4n) is 1.44. The van der Waals surface area contributed by atoms with Gasteiger partial charge in [-0.3, -0.25) is 0 Å². The molecule has 0 radical (unpaired) electrons. The summed E-state index contributed by atoms with van der Waals surface area (Å²) in [5.41, 5.74) is 0.955. The minimum Gasteiger partial charge on any atom is -0.207 e. The Balaban J connectivity index is 2.92. The molecule has 0 aliphatic heterocycles. The number of fused-ring (bicyclic) bond motifs is 1. The lowest BCUT2D eigenvalue weighted by Crippen LogP contribution is -1.84. The van der Waals surface area contributed by atoms with Crippen molar-refractivity contribution < 1.29 is 8.78 Å². The molecule has 0 spiro atoms. The van der Waals surface area contributed by atoms with Crippen LogP contribution in [0.1, 0.15) is 5.56 Å². The SMILES string of the molecule is Cc1ccc(F)c2cc(F)ccc12. The van der Waals surface area contributed by atoms with Gasteiger partial charge in [-0.2, -0.15) is 0 Å². The van der Waals surface area contributed by atoms with E-state index in [1.165, 1.54) is 18.2 Å². The van der Waals surface area contributed by atoms with E-state index < -0.39 is 5.82 Å². The third-order valence-corrected chi connectivity index (χ3v) is 2.14. The van der Waals surface area contributed by atoms with Gasteiger partial charge in [-0.05, 0) is 36.1 Å². The van der Waals surface area contributed by atoms with Gasteiger partial charge in [-0.1, -0.05) is 12.1 Å². The first kappa shape index (κ1) is 8.17. The molecule has 13 heavy (non-hydrogen) atoms. The molecule has 2 heteroatoms. The van der Waals surface area contributed by atoms with Gasteiger partial charge in [-0.15, -0.1) is 0 Å². The van der Waals surface area contributed by atoms with Crippen LogP contribution in [0.25, 0.3) is 10.8 Å². The van der Waals surface area contributed by atoms with E-state index in [2.05, 4.69) is 0 Å². The molecule has 0 unspecified atom stereocenters. The van der Waals surface area contributed by atoms with Crippen LogP contribution < -0.4 is 0 Å². The molecule has 0 saturated carbocycles. The standard InChI is InChI=1S/C11H8F2/c1-7-2-5-11(13)10-6-8(12)3-4-9(7)10/h2-6H,1H3. The second-order valence-electron chi connectivity index (χ2n) is 3.05. The average molecular weight is 178 g/mol. The lowest BCUT2D eigenvalue weighted by Gasteiger charge is -2.02. The molecule has 0 aliphatic carbocycles. The van der Waals surface area contributed by atoms with Crippen LogP contribution in [0.15, 0.2) is 30.3 Å². The highest BCUT2D eigenvalue weighted by Gasteiger charge is 2.03. The van der Waals surface area contributed by atoms with E-state index in [4.69, 9.17) is 0 Å². The summed E-state index contributed by atoms with van der Waals surface area (Å²) < 4.78 is 26.0. The van der Waals surface area contributed by atoms with Crippen molar-refractivity contribution in [2.24, 2.45) is 0 Å². The van der Waals surface area contributed by atoms with Crippen LogP contribution in [0, 0.1) is 18.6 Å². The maximum Gasteiger partial charge on any atom is 0.131 e. The van der Waals surface area contributed by atoms with Crippen LogP contribution in [0.5, 0.6) is 0 Å². The summed E-state index contributed by atoms with van der Waals surface area (Å²) in [4.78, 5) is 0. The molecule has 66 valence electrons. The van der Waals surface area contributed by atoms with Gasteiger partial charge in [0, 0.05) is 5.39 Å². The molecule has 2 rings (SSSR count). The summed E-state index contributed by atoms with van der Waals surface area (Å²) in [6, 6.07) is 7.21. The first-order chi connectivity index (χ1) is 6.18. The lowest BCUT2D eigenvalue weighted by molar-refractivity contribution is 0.621. The molecule has 0 aliphatic rings. The largest absolute Gasteiger partial charge is 0.207 e. The number of hydrogen-bond acceptors (Lipinski definition) is 0. The quantitative estimate of drug-likeness (QED) is 0.579. The zero-order valence-electron chi connectivity index (χ0n) is 7.14. The van der Waals surface area contributed by atoms with Gasteiger partial charge >= 0.3 is 0 Å². The molecule has 2 aromatic carbocycles. The normalized spacial score (nSPS) is 10.7. The Labute approximate surface area is 74.8 Å². The Morgan fingerprint density at radius 1 is 0.923 bits per heavy atom. The topological polar surface area (TPSA) is 0 Å². The fraction of sp³-hybridized carbons (Fsp3) is 0.0909. The van der Waals surface area contributed by atoms with E-state index in [1.807, 2.05) is 6.92 Å². The van der Waals surface area contributed by atoms with Crippen molar-refractivity contribution >= 4 is 10.8 Å². The summed E-state index contributed by atoms with van der Waals surface area (Å²) in [6.07, 6.45) is 0. The predicted octanol–water partition coefficient (Wildman–Crippen LogP) is 3.43. The Hall–Kier alpha value is -1.44. The summed E-state index contributed by atoms with van der Waals surface area (Å²) in [5, 5.41) is 1.11. The summed E-state index contributed by atoms with van der Waals surface area (Å²) in [6.45, 7) is 1.87. The van der Waals surface area contributed by atoms with Crippen LogP contribution >= 0.6 is 0 Å². The molecule has 0 heterocycles. The van der Waals surface area contributed by atoms with E-state index >= 15 is 0 Å². The number of halogens is 2. The van der Waals surface area contributed by atoms with Gasteiger partial charge in [-0.25, -0.2) is 8.78 Å². The maximum atomic E-state index is 13.2. The molecule has 0 bridgehead atoms. The highest BCUT2D eigenvalue weighted by atomic mass is 19.1. The van der Waals surface area contributed by atoms with Crippen LogP contribution in [0.4, 0.5) is 8.78 Å². The van der Waals surface area contributed by atoms with Gasteiger partial charge in [0.2, 0.25) is 0 Å². The van der Waals surface area contributed by atoms with Crippen LogP contribution in [0.2, 0.25) is 0 Å². The minimum absolute atomic E-state index is 0.347. The maximum absolute atomic E-state index is 13.2. The first-order valence-corrected chi connectivity index (χ1v) is 4.03. The molecule has 0 N–H and O–H groups in total. The van der Waals surface area contributed by atoms with Gasteiger partial charge in [0.05, 0.1) is 0 Å². The highest BCUT2D eigenvalue weighted by molar-refractivity contribution is 5.86.